The van der Waals surface area contributed by atoms with Crippen molar-refractivity contribution in [2.45, 2.75) is 57.0 Å². The van der Waals surface area contributed by atoms with E-state index in [1.807, 2.05) is 12.1 Å². The van der Waals surface area contributed by atoms with Crippen LogP contribution in [0.3, 0.4) is 0 Å². The van der Waals surface area contributed by atoms with Gasteiger partial charge in [0.05, 0.1) is 16.7 Å². The van der Waals surface area contributed by atoms with Crippen LogP contribution < -0.4 is 21.1 Å². The number of nitro benzene ring substituents is 1. The molecule has 1 aliphatic heterocycles. The predicted molar refractivity (Wildman–Crippen MR) is 123 cm³/mol. The van der Waals surface area contributed by atoms with Crippen LogP contribution in [0.15, 0.2) is 46.4 Å². The molecule has 32 heavy (non-hydrogen) atoms. The van der Waals surface area contributed by atoms with Gasteiger partial charge in [-0.05, 0) is 68.2 Å². The summed E-state index contributed by atoms with van der Waals surface area (Å²) in [6, 6.07) is 10.7. The number of rotatable bonds is 4. The maximum absolute atomic E-state index is 11.7. The fourth-order valence-electron chi connectivity index (χ4n) is 5.10. The third kappa shape index (κ3) is 3.63. The fraction of sp³-hybridized carbons (Fsp3) is 0.391. The molecule has 4 N–H and O–H groups in total. The summed E-state index contributed by atoms with van der Waals surface area (Å²) in [6.45, 7) is 0. The normalized spacial score (nSPS) is 19.3. The maximum atomic E-state index is 11.7. The minimum Gasteiger partial charge on any atom is -0.457 e. The lowest BCUT2D eigenvalue weighted by Crippen LogP contribution is -2.58. The molecule has 3 aliphatic rings. The second-order valence-corrected chi connectivity index (χ2v) is 8.65. The molecule has 9 nitrogen and oxygen atoms in total. The van der Waals surface area contributed by atoms with E-state index in [1.54, 1.807) is 11.0 Å². The number of nitrogens with two attached hydrogens (primary N) is 2. The second kappa shape index (κ2) is 7.81. The van der Waals surface area contributed by atoms with Gasteiger partial charge in [-0.15, -0.1) is 0 Å². The van der Waals surface area contributed by atoms with Gasteiger partial charge in [0.1, 0.15) is 17.2 Å². The van der Waals surface area contributed by atoms with Gasteiger partial charge in [0.15, 0.2) is 0 Å². The molecular formula is C23H26N6O3. The first-order chi connectivity index (χ1) is 15.4. The number of fused-ring (bicyclic) bond motifs is 1. The van der Waals surface area contributed by atoms with E-state index in [-0.39, 0.29) is 17.6 Å². The van der Waals surface area contributed by atoms with E-state index < -0.39 is 10.6 Å². The van der Waals surface area contributed by atoms with Crippen molar-refractivity contribution in [1.82, 2.24) is 0 Å². The average molecular weight is 435 g/mol. The van der Waals surface area contributed by atoms with Crippen LogP contribution in [0.4, 0.5) is 11.4 Å². The van der Waals surface area contributed by atoms with E-state index in [9.17, 15) is 10.1 Å². The number of benzene rings is 2. The monoisotopic (exact) mass is 434 g/mol. The number of aliphatic imine (C=N–C) groups is 2. The third-order valence-corrected chi connectivity index (χ3v) is 6.50. The maximum Gasteiger partial charge on any atom is 0.275 e. The lowest BCUT2D eigenvalue weighted by Gasteiger charge is -2.45. The number of ether oxygens (including phenoxy) is 1. The van der Waals surface area contributed by atoms with Gasteiger partial charge in [-0.2, -0.15) is 4.99 Å². The molecule has 2 aromatic carbocycles. The van der Waals surface area contributed by atoms with Crippen molar-refractivity contribution in [3.05, 3.63) is 57.6 Å². The Morgan fingerprint density at radius 3 is 2.53 bits per heavy atom. The Labute approximate surface area is 185 Å². The van der Waals surface area contributed by atoms with Crippen LogP contribution in [0.25, 0.3) is 0 Å². The molecule has 0 bridgehead atoms. The zero-order chi connectivity index (χ0) is 22.3. The quantitative estimate of drug-likeness (QED) is 0.552. The Balaban J connectivity index is 1.55. The Bertz CT molecular complexity index is 1140. The van der Waals surface area contributed by atoms with Gasteiger partial charge in [-0.25, -0.2) is 4.99 Å². The van der Waals surface area contributed by atoms with Gasteiger partial charge in [0.25, 0.3) is 5.69 Å². The number of anilines is 1. The first-order valence-electron chi connectivity index (χ1n) is 11.0. The van der Waals surface area contributed by atoms with E-state index in [1.165, 1.54) is 23.3 Å². The zero-order valence-corrected chi connectivity index (χ0v) is 17.8. The highest BCUT2D eigenvalue weighted by atomic mass is 16.6. The van der Waals surface area contributed by atoms with Crippen molar-refractivity contribution in [3.63, 3.8) is 0 Å². The largest absolute Gasteiger partial charge is 0.457 e. The molecule has 1 saturated carbocycles. The second-order valence-electron chi connectivity index (χ2n) is 8.65. The van der Waals surface area contributed by atoms with E-state index in [2.05, 4.69) is 16.1 Å². The van der Waals surface area contributed by atoms with Crippen LogP contribution in [-0.4, -0.2) is 22.5 Å². The van der Waals surface area contributed by atoms with Crippen molar-refractivity contribution >= 4 is 23.3 Å². The highest BCUT2D eigenvalue weighted by Gasteiger charge is 2.43. The Morgan fingerprint density at radius 2 is 1.75 bits per heavy atom. The smallest absolute Gasteiger partial charge is 0.275 e. The molecule has 0 saturated heterocycles. The summed E-state index contributed by atoms with van der Waals surface area (Å²) in [6.07, 6.45) is 7.76. The summed E-state index contributed by atoms with van der Waals surface area (Å²) in [5.74, 6) is 1.35. The molecule has 0 radical (unpaired) electrons. The van der Waals surface area contributed by atoms with Gasteiger partial charge < -0.3 is 16.2 Å². The van der Waals surface area contributed by atoms with Crippen LogP contribution in [-0.2, 0) is 12.8 Å². The Morgan fingerprint density at radius 1 is 0.969 bits per heavy atom. The van der Waals surface area contributed by atoms with Crippen LogP contribution in [0.1, 0.15) is 49.7 Å². The molecule has 9 heteroatoms. The molecule has 0 amide bonds. The van der Waals surface area contributed by atoms with Crippen LogP contribution in [0, 0.1) is 10.1 Å². The Hall–Kier alpha value is -3.62. The number of hydrogen-bond donors (Lipinski definition) is 2. The summed E-state index contributed by atoms with van der Waals surface area (Å²) < 4.78 is 6.09. The lowest BCUT2D eigenvalue weighted by molar-refractivity contribution is -0.384. The SMILES string of the molecule is NC1=NC2(CCCCC2)N(c2cc(Oc3ccc4c(c3)CCC4)cc([N+](=O)[O-])c2)C(N)=N1. The van der Waals surface area contributed by atoms with Gasteiger partial charge in [-0.3, -0.25) is 15.0 Å². The third-order valence-electron chi connectivity index (χ3n) is 6.50. The van der Waals surface area contributed by atoms with Gasteiger partial charge in [-0.1, -0.05) is 12.5 Å². The van der Waals surface area contributed by atoms with Gasteiger partial charge >= 0.3 is 0 Å². The van der Waals surface area contributed by atoms with Gasteiger partial charge in [0, 0.05) is 12.1 Å². The van der Waals surface area contributed by atoms with Crippen molar-refractivity contribution in [3.8, 4) is 11.5 Å². The van der Waals surface area contributed by atoms with Gasteiger partial charge in [0.2, 0.25) is 11.9 Å². The molecule has 0 atom stereocenters. The summed E-state index contributed by atoms with van der Waals surface area (Å²) >= 11 is 0. The topological polar surface area (TPSA) is 132 Å². The number of hydrogen-bond acceptors (Lipinski definition) is 8. The van der Waals surface area contributed by atoms with Crippen molar-refractivity contribution in [2.24, 2.45) is 21.5 Å². The minimum atomic E-state index is -0.686. The van der Waals surface area contributed by atoms with Crippen LogP contribution in [0.2, 0.25) is 0 Å². The molecule has 1 fully saturated rings. The first kappa shape index (κ1) is 20.3. The van der Waals surface area contributed by atoms with Crippen molar-refractivity contribution in [1.29, 1.82) is 0 Å². The molecule has 0 unspecified atom stereocenters. The number of nitrogens with zero attached hydrogens (tertiary/aromatic N) is 4. The number of aryl methyl sites for hydroxylation is 2. The standard InChI is InChI=1S/C23H26N6O3/c24-21-26-22(25)28(23(27-21)9-2-1-3-10-23)17-12-18(29(30)31)14-20(13-17)32-19-8-7-15-5-4-6-16(15)11-19/h7-8,11-14H,1-6,9-10H2,(H4,24,25,26,27). The molecule has 2 aromatic rings. The van der Waals surface area contributed by atoms with E-state index in [4.69, 9.17) is 16.2 Å². The molecule has 166 valence electrons. The molecule has 2 aliphatic carbocycles. The molecule has 0 aromatic heterocycles. The Kier molecular flexibility index (Phi) is 4.96. The predicted octanol–water partition coefficient (Wildman–Crippen LogP) is 3.99. The summed E-state index contributed by atoms with van der Waals surface area (Å²) in [5, 5.41) is 11.7. The lowest BCUT2D eigenvalue weighted by atomic mass is 9.87. The van der Waals surface area contributed by atoms with Crippen LogP contribution in [0.5, 0.6) is 11.5 Å². The van der Waals surface area contributed by atoms with E-state index in [0.29, 0.717) is 17.2 Å². The average Bonchev–Trinajstić information content (AvgIpc) is 3.21. The number of non-ortho nitro benzene ring substituents is 1. The minimum absolute atomic E-state index is 0.0834. The fourth-order valence-corrected chi connectivity index (χ4v) is 5.10. The number of guanidine groups is 2. The molecule has 1 heterocycles. The summed E-state index contributed by atoms with van der Waals surface area (Å²) in [5.41, 5.74) is 14.6. The van der Waals surface area contributed by atoms with E-state index >= 15 is 0 Å². The molecule has 5 rings (SSSR count). The summed E-state index contributed by atoms with van der Waals surface area (Å²) in [4.78, 5) is 21.9. The van der Waals surface area contributed by atoms with Crippen molar-refractivity contribution in [2.75, 3.05) is 4.90 Å². The number of nitro groups is 1. The van der Waals surface area contributed by atoms with E-state index in [0.717, 1.165) is 51.4 Å². The van der Waals surface area contributed by atoms with Crippen LogP contribution >= 0.6 is 0 Å². The van der Waals surface area contributed by atoms with Crippen molar-refractivity contribution < 1.29 is 9.66 Å². The molecule has 1 spiro atoms. The highest BCUT2D eigenvalue weighted by Crippen LogP contribution is 2.42. The highest BCUT2D eigenvalue weighted by molar-refractivity contribution is 6.05. The zero-order valence-electron chi connectivity index (χ0n) is 17.8. The first-order valence-corrected chi connectivity index (χ1v) is 11.0. The summed E-state index contributed by atoms with van der Waals surface area (Å²) in [7, 11) is 0. The molecular weight excluding hydrogens is 408 g/mol.